The number of piperidine rings is 1. The highest BCUT2D eigenvalue weighted by atomic mass is 16.5. The zero-order chi connectivity index (χ0) is 18.9. The molecule has 0 radical (unpaired) electrons. The Balaban J connectivity index is 1.51. The summed E-state index contributed by atoms with van der Waals surface area (Å²) >= 11 is 0. The third kappa shape index (κ3) is 4.11. The molecule has 0 amide bonds. The first-order valence-electron chi connectivity index (χ1n) is 10.2. The van der Waals surface area contributed by atoms with Crippen molar-refractivity contribution in [1.29, 1.82) is 0 Å². The maximum Gasteiger partial charge on any atom is 0.0928 e. The van der Waals surface area contributed by atoms with Gasteiger partial charge >= 0.3 is 0 Å². The summed E-state index contributed by atoms with van der Waals surface area (Å²) in [6.45, 7) is 6.83. The second kappa shape index (κ2) is 7.75. The van der Waals surface area contributed by atoms with Gasteiger partial charge in [0.05, 0.1) is 18.8 Å². The molecule has 2 aromatic carbocycles. The third-order valence-electron chi connectivity index (χ3n) is 6.05. The van der Waals surface area contributed by atoms with Crippen LogP contribution in [-0.2, 0) is 23.3 Å². The average molecular weight is 366 g/mol. The number of morpholine rings is 1. The van der Waals surface area contributed by atoms with Gasteiger partial charge in [0.15, 0.2) is 0 Å². The molecule has 1 N–H and O–H groups in total. The number of aliphatic hydroxyl groups is 1. The lowest BCUT2D eigenvalue weighted by molar-refractivity contribution is -0.149. The molecular formula is C24H31NO2. The number of hydrogen-bond donors (Lipinski definition) is 1. The zero-order valence-corrected chi connectivity index (χ0v) is 16.5. The first kappa shape index (κ1) is 18.7. The molecule has 2 bridgehead atoms. The highest BCUT2D eigenvalue weighted by molar-refractivity contribution is 5.29. The predicted molar refractivity (Wildman–Crippen MR) is 108 cm³/mol. The number of fused-ring (bicyclic) bond motifs is 2. The second-order valence-electron chi connectivity index (χ2n) is 8.74. The monoisotopic (exact) mass is 365 g/mol. The van der Waals surface area contributed by atoms with Crippen LogP contribution in [-0.4, -0.2) is 35.3 Å². The van der Waals surface area contributed by atoms with Crippen LogP contribution in [0.1, 0.15) is 43.4 Å². The van der Waals surface area contributed by atoms with Gasteiger partial charge in [0.1, 0.15) is 0 Å². The Labute approximate surface area is 163 Å². The molecule has 2 fully saturated rings. The number of hydrogen-bond acceptors (Lipinski definition) is 3. The van der Waals surface area contributed by atoms with E-state index in [9.17, 15) is 5.11 Å². The van der Waals surface area contributed by atoms with Crippen molar-refractivity contribution in [3.05, 3.63) is 71.3 Å². The van der Waals surface area contributed by atoms with Gasteiger partial charge in [0.25, 0.3) is 0 Å². The molecule has 3 nitrogen and oxygen atoms in total. The van der Waals surface area contributed by atoms with Gasteiger partial charge in [-0.1, -0.05) is 68.4 Å². The largest absolute Gasteiger partial charge is 0.385 e. The summed E-state index contributed by atoms with van der Waals surface area (Å²) in [6.07, 6.45) is 2.56. The molecule has 0 saturated carbocycles. The van der Waals surface area contributed by atoms with Gasteiger partial charge in [-0.15, -0.1) is 0 Å². The summed E-state index contributed by atoms with van der Waals surface area (Å²) in [5, 5.41) is 11.5. The van der Waals surface area contributed by atoms with Crippen LogP contribution in [0.25, 0.3) is 0 Å². The van der Waals surface area contributed by atoms with E-state index in [0.717, 1.165) is 31.4 Å². The average Bonchev–Trinajstić information content (AvgIpc) is 2.64. The Bertz CT molecular complexity index is 727. The van der Waals surface area contributed by atoms with Gasteiger partial charge in [-0.3, -0.25) is 4.90 Å². The fourth-order valence-electron chi connectivity index (χ4n) is 4.76. The van der Waals surface area contributed by atoms with Gasteiger partial charge in [0, 0.05) is 18.6 Å². The van der Waals surface area contributed by atoms with Gasteiger partial charge < -0.3 is 9.84 Å². The maximum absolute atomic E-state index is 11.5. The van der Waals surface area contributed by atoms with E-state index in [2.05, 4.69) is 73.3 Å². The second-order valence-corrected chi connectivity index (χ2v) is 8.74. The molecule has 2 aromatic rings. The predicted octanol–water partition coefficient (Wildman–Crippen LogP) is 4.14. The van der Waals surface area contributed by atoms with E-state index in [1.807, 2.05) is 0 Å². The summed E-state index contributed by atoms with van der Waals surface area (Å²) < 4.78 is 5.84. The SMILES string of the molecule is CC(C)Cc1ccc(C2(O)CC3COCC(C2)N3Cc2ccccc2)cc1. The Morgan fingerprint density at radius 1 is 0.963 bits per heavy atom. The van der Waals surface area contributed by atoms with Crippen molar-refractivity contribution in [2.75, 3.05) is 13.2 Å². The van der Waals surface area contributed by atoms with Crippen LogP contribution < -0.4 is 0 Å². The molecule has 0 aliphatic carbocycles. The lowest BCUT2D eigenvalue weighted by Gasteiger charge is -2.52. The van der Waals surface area contributed by atoms with Crippen LogP contribution in [0.5, 0.6) is 0 Å². The topological polar surface area (TPSA) is 32.7 Å². The van der Waals surface area contributed by atoms with Crippen molar-refractivity contribution in [1.82, 2.24) is 4.90 Å². The Hall–Kier alpha value is -1.68. The Kier molecular flexibility index (Phi) is 5.36. The fraction of sp³-hybridized carbons (Fsp3) is 0.500. The maximum atomic E-state index is 11.5. The van der Waals surface area contributed by atoms with Crippen LogP contribution in [0.15, 0.2) is 54.6 Å². The molecular weight excluding hydrogens is 334 g/mol. The fourth-order valence-corrected chi connectivity index (χ4v) is 4.76. The first-order valence-corrected chi connectivity index (χ1v) is 10.2. The number of rotatable bonds is 5. The van der Waals surface area contributed by atoms with Crippen molar-refractivity contribution < 1.29 is 9.84 Å². The lowest BCUT2D eigenvalue weighted by atomic mass is 9.76. The van der Waals surface area contributed by atoms with Crippen molar-refractivity contribution in [2.24, 2.45) is 5.92 Å². The van der Waals surface area contributed by atoms with Crippen LogP contribution in [0.3, 0.4) is 0 Å². The molecule has 0 aromatic heterocycles. The van der Waals surface area contributed by atoms with Crippen molar-refractivity contribution in [2.45, 2.75) is 57.3 Å². The summed E-state index contributed by atoms with van der Waals surface area (Å²) in [5.41, 5.74) is 2.99. The molecule has 2 aliphatic heterocycles. The van der Waals surface area contributed by atoms with Gasteiger partial charge in [-0.2, -0.15) is 0 Å². The number of benzene rings is 2. The highest BCUT2D eigenvalue weighted by Crippen LogP contribution is 2.41. The molecule has 0 spiro atoms. The molecule has 2 aliphatic rings. The standard InChI is InChI=1S/C24H31NO2/c1-18(2)12-19-8-10-21(11-9-19)24(26)13-22-16-27-17-23(14-24)25(22)15-20-6-4-3-5-7-20/h3-11,18,22-23,26H,12-17H2,1-2H3. The van der Waals surface area contributed by atoms with Crippen LogP contribution in [0.2, 0.25) is 0 Å². The van der Waals surface area contributed by atoms with E-state index in [0.29, 0.717) is 19.1 Å². The minimum absolute atomic E-state index is 0.262. The van der Waals surface area contributed by atoms with Crippen molar-refractivity contribution in [3.63, 3.8) is 0 Å². The summed E-state index contributed by atoms with van der Waals surface area (Å²) in [7, 11) is 0. The van der Waals surface area contributed by atoms with E-state index in [1.54, 1.807) is 0 Å². The van der Waals surface area contributed by atoms with Gasteiger partial charge in [0.2, 0.25) is 0 Å². The summed E-state index contributed by atoms with van der Waals surface area (Å²) in [5.74, 6) is 0.650. The molecule has 3 heteroatoms. The number of ether oxygens (including phenoxy) is 1. The van der Waals surface area contributed by atoms with E-state index in [4.69, 9.17) is 4.74 Å². The van der Waals surface area contributed by atoms with E-state index < -0.39 is 5.60 Å². The van der Waals surface area contributed by atoms with E-state index >= 15 is 0 Å². The molecule has 4 rings (SSSR count). The quantitative estimate of drug-likeness (QED) is 0.864. The summed E-state index contributed by atoms with van der Waals surface area (Å²) in [4.78, 5) is 2.54. The van der Waals surface area contributed by atoms with E-state index in [-0.39, 0.29) is 12.1 Å². The number of nitrogens with zero attached hydrogens (tertiary/aromatic N) is 1. The first-order chi connectivity index (χ1) is 13.0. The minimum Gasteiger partial charge on any atom is -0.385 e. The normalized spacial score (nSPS) is 28.4. The summed E-state index contributed by atoms with van der Waals surface area (Å²) in [6, 6.07) is 19.8. The van der Waals surface area contributed by atoms with Crippen LogP contribution in [0.4, 0.5) is 0 Å². The van der Waals surface area contributed by atoms with Gasteiger partial charge in [-0.25, -0.2) is 0 Å². The Morgan fingerprint density at radius 3 is 2.19 bits per heavy atom. The third-order valence-corrected chi connectivity index (χ3v) is 6.05. The minimum atomic E-state index is -0.747. The van der Waals surface area contributed by atoms with Crippen molar-refractivity contribution >= 4 is 0 Å². The molecule has 2 unspecified atom stereocenters. The molecule has 2 atom stereocenters. The lowest BCUT2D eigenvalue weighted by Crippen LogP contribution is -2.60. The van der Waals surface area contributed by atoms with E-state index in [1.165, 1.54) is 11.1 Å². The molecule has 2 heterocycles. The van der Waals surface area contributed by atoms with Crippen LogP contribution in [0, 0.1) is 5.92 Å². The molecule has 27 heavy (non-hydrogen) atoms. The Morgan fingerprint density at radius 2 is 1.59 bits per heavy atom. The highest BCUT2D eigenvalue weighted by Gasteiger charge is 2.46. The molecule has 2 saturated heterocycles. The van der Waals surface area contributed by atoms with Crippen molar-refractivity contribution in [3.8, 4) is 0 Å². The zero-order valence-electron chi connectivity index (χ0n) is 16.5. The van der Waals surface area contributed by atoms with Crippen LogP contribution >= 0.6 is 0 Å². The smallest absolute Gasteiger partial charge is 0.0928 e. The van der Waals surface area contributed by atoms with Gasteiger partial charge in [-0.05, 0) is 41.9 Å². The molecule has 144 valence electrons.